The van der Waals surface area contributed by atoms with Gasteiger partial charge < -0.3 is 4.90 Å². The summed E-state index contributed by atoms with van der Waals surface area (Å²) in [6.07, 6.45) is 2.82. The van der Waals surface area contributed by atoms with E-state index in [1.165, 1.54) is 17.7 Å². The molecule has 0 aromatic heterocycles. The van der Waals surface area contributed by atoms with E-state index >= 15 is 0 Å². The Morgan fingerprint density at radius 1 is 0.971 bits per heavy atom. The Morgan fingerprint density at radius 2 is 1.68 bits per heavy atom. The number of amides is 1. The van der Waals surface area contributed by atoms with Gasteiger partial charge in [0, 0.05) is 36.9 Å². The molecule has 1 fully saturated rings. The fourth-order valence-electron chi connectivity index (χ4n) is 4.14. The number of hydrogen-bond donors (Lipinski definition) is 3. The highest BCUT2D eigenvalue weighted by atomic mass is 32.2. The van der Waals surface area contributed by atoms with Crippen LogP contribution in [0.4, 0.5) is 5.69 Å². The molecule has 7 nitrogen and oxygen atoms in total. The maximum Gasteiger partial charge on any atom is 0.261 e. The number of hydrazine groups is 1. The summed E-state index contributed by atoms with van der Waals surface area (Å²) in [5, 5.41) is 0. The van der Waals surface area contributed by atoms with Crippen molar-refractivity contribution in [3.8, 4) is 0 Å². The van der Waals surface area contributed by atoms with Crippen LogP contribution in [0.25, 0.3) is 0 Å². The van der Waals surface area contributed by atoms with Crippen molar-refractivity contribution >= 4 is 21.6 Å². The Hall–Kier alpha value is -3.20. The Kier molecular flexibility index (Phi) is 7.62. The Morgan fingerprint density at radius 3 is 2.41 bits per heavy atom. The maximum atomic E-state index is 12.9. The molecule has 2 unspecified atom stereocenters. The Bertz CT molecular complexity index is 1200. The van der Waals surface area contributed by atoms with Crippen molar-refractivity contribution in [2.24, 2.45) is 0 Å². The lowest BCUT2D eigenvalue weighted by Gasteiger charge is -2.19. The van der Waals surface area contributed by atoms with Gasteiger partial charge >= 0.3 is 0 Å². The molecule has 0 bridgehead atoms. The molecule has 0 spiro atoms. The Balaban J connectivity index is 1.28. The van der Waals surface area contributed by atoms with Crippen molar-refractivity contribution in [3.05, 3.63) is 96.1 Å². The van der Waals surface area contributed by atoms with E-state index in [4.69, 9.17) is 0 Å². The average molecular weight is 479 g/mol. The van der Waals surface area contributed by atoms with Gasteiger partial charge in [-0.05, 0) is 55.2 Å². The zero-order valence-corrected chi connectivity index (χ0v) is 20.0. The number of sulfonamides is 1. The van der Waals surface area contributed by atoms with E-state index < -0.39 is 10.0 Å². The van der Waals surface area contributed by atoms with Gasteiger partial charge in [-0.3, -0.25) is 20.4 Å². The number of carbonyl (C=O) groups excluding carboxylic acids is 1. The molecule has 0 radical (unpaired) electrons. The highest BCUT2D eigenvalue weighted by Gasteiger charge is 2.24. The molecule has 1 aliphatic rings. The van der Waals surface area contributed by atoms with Crippen LogP contribution in [-0.4, -0.2) is 38.9 Å². The van der Waals surface area contributed by atoms with Gasteiger partial charge in [-0.1, -0.05) is 54.6 Å². The predicted octanol–water partition coefficient (Wildman–Crippen LogP) is 3.95. The van der Waals surface area contributed by atoms with Gasteiger partial charge in [0.25, 0.3) is 15.9 Å². The van der Waals surface area contributed by atoms with Crippen LogP contribution < -0.4 is 15.6 Å². The smallest absolute Gasteiger partial charge is 0.261 e. The SMILES string of the molecule is CN(CCCC1CC(c2ccccc2)NN1)C(=O)c1cccc(NS(=O)(=O)c2ccccc2)c1. The molecule has 34 heavy (non-hydrogen) atoms. The maximum absolute atomic E-state index is 12.9. The second kappa shape index (κ2) is 10.8. The minimum atomic E-state index is -3.71. The van der Waals surface area contributed by atoms with Crippen molar-refractivity contribution in [3.63, 3.8) is 0 Å². The van der Waals surface area contributed by atoms with E-state index in [0.717, 1.165) is 19.3 Å². The van der Waals surface area contributed by atoms with Crippen molar-refractivity contribution in [1.82, 2.24) is 15.8 Å². The summed E-state index contributed by atoms with van der Waals surface area (Å²) in [5.74, 6) is -0.138. The molecule has 2 atom stereocenters. The first-order valence-electron chi connectivity index (χ1n) is 11.4. The topological polar surface area (TPSA) is 90.5 Å². The van der Waals surface area contributed by atoms with Crippen molar-refractivity contribution in [2.45, 2.75) is 36.2 Å². The number of nitrogens with zero attached hydrogens (tertiary/aromatic N) is 1. The minimum Gasteiger partial charge on any atom is -0.342 e. The van der Waals surface area contributed by atoms with Gasteiger partial charge in [0.1, 0.15) is 0 Å². The van der Waals surface area contributed by atoms with Crippen LogP contribution in [0.1, 0.15) is 41.2 Å². The van der Waals surface area contributed by atoms with E-state index in [2.05, 4.69) is 27.7 Å². The van der Waals surface area contributed by atoms with Crippen LogP contribution in [0, 0.1) is 0 Å². The fourth-order valence-corrected chi connectivity index (χ4v) is 5.21. The molecule has 3 aromatic rings. The van der Waals surface area contributed by atoms with Crippen molar-refractivity contribution < 1.29 is 13.2 Å². The molecule has 1 saturated heterocycles. The van der Waals surface area contributed by atoms with E-state index in [-0.39, 0.29) is 10.8 Å². The van der Waals surface area contributed by atoms with Crippen molar-refractivity contribution in [2.75, 3.05) is 18.3 Å². The number of carbonyl (C=O) groups is 1. The van der Waals surface area contributed by atoms with Gasteiger partial charge in [-0.2, -0.15) is 0 Å². The first kappa shape index (κ1) is 23.9. The van der Waals surface area contributed by atoms with Gasteiger partial charge in [0.2, 0.25) is 0 Å². The summed E-state index contributed by atoms with van der Waals surface area (Å²) in [5.41, 5.74) is 8.80. The highest BCUT2D eigenvalue weighted by Crippen LogP contribution is 2.24. The molecule has 3 aromatic carbocycles. The normalized spacial score (nSPS) is 17.9. The van der Waals surface area contributed by atoms with Crippen molar-refractivity contribution in [1.29, 1.82) is 0 Å². The van der Waals surface area contributed by atoms with Crippen LogP contribution in [0.3, 0.4) is 0 Å². The van der Waals surface area contributed by atoms with Crippen LogP contribution in [0.2, 0.25) is 0 Å². The third-order valence-electron chi connectivity index (χ3n) is 5.99. The zero-order chi connectivity index (χ0) is 24.0. The van der Waals surface area contributed by atoms with E-state index in [1.54, 1.807) is 54.4 Å². The summed E-state index contributed by atoms with van der Waals surface area (Å²) >= 11 is 0. The lowest BCUT2D eigenvalue weighted by atomic mass is 10.00. The monoisotopic (exact) mass is 478 g/mol. The van der Waals surface area contributed by atoms with E-state index in [1.807, 2.05) is 18.2 Å². The minimum absolute atomic E-state index is 0.138. The standard InChI is InChI=1S/C26H30N4O3S/c1-30(17-9-14-22-19-25(28-27-22)20-10-4-2-5-11-20)26(31)21-12-8-13-23(18-21)29-34(32,33)24-15-6-3-7-16-24/h2-8,10-13,15-16,18,22,25,27-29H,9,14,17,19H2,1H3. The summed E-state index contributed by atoms with van der Waals surface area (Å²) < 4.78 is 27.7. The number of rotatable bonds is 9. The predicted molar refractivity (Wildman–Crippen MR) is 134 cm³/mol. The van der Waals surface area contributed by atoms with Crippen LogP contribution >= 0.6 is 0 Å². The van der Waals surface area contributed by atoms with E-state index in [9.17, 15) is 13.2 Å². The Labute approximate surface area is 201 Å². The number of nitrogens with one attached hydrogen (secondary N) is 3. The molecular weight excluding hydrogens is 448 g/mol. The summed E-state index contributed by atoms with van der Waals surface area (Å²) in [6, 6.07) is 25.8. The largest absolute Gasteiger partial charge is 0.342 e. The molecule has 3 N–H and O–H groups in total. The first-order valence-corrected chi connectivity index (χ1v) is 12.9. The number of anilines is 1. The van der Waals surface area contributed by atoms with Gasteiger partial charge in [0.05, 0.1) is 4.90 Å². The summed E-state index contributed by atoms with van der Waals surface area (Å²) in [7, 11) is -1.94. The molecule has 0 aliphatic carbocycles. The molecule has 178 valence electrons. The van der Waals surface area contributed by atoms with Crippen LogP contribution in [0.5, 0.6) is 0 Å². The third kappa shape index (κ3) is 6.02. The number of benzene rings is 3. The molecule has 1 amide bonds. The second-order valence-electron chi connectivity index (χ2n) is 8.55. The summed E-state index contributed by atoms with van der Waals surface area (Å²) in [6.45, 7) is 0.618. The fraction of sp³-hybridized carbons (Fsp3) is 0.269. The average Bonchev–Trinajstić information content (AvgIpc) is 3.33. The first-order chi connectivity index (χ1) is 16.4. The molecule has 8 heteroatoms. The third-order valence-corrected chi connectivity index (χ3v) is 7.39. The lowest BCUT2D eigenvalue weighted by Crippen LogP contribution is -2.32. The molecule has 1 aliphatic heterocycles. The number of hydrogen-bond acceptors (Lipinski definition) is 5. The van der Waals surface area contributed by atoms with Gasteiger partial charge in [0.15, 0.2) is 0 Å². The molecule has 4 rings (SSSR count). The molecule has 1 heterocycles. The lowest BCUT2D eigenvalue weighted by molar-refractivity contribution is 0.0791. The van der Waals surface area contributed by atoms with Gasteiger partial charge in [-0.15, -0.1) is 0 Å². The molecular formula is C26H30N4O3S. The van der Waals surface area contributed by atoms with Gasteiger partial charge in [-0.25, -0.2) is 8.42 Å². The quantitative estimate of drug-likeness (QED) is 0.433. The molecule has 0 saturated carbocycles. The van der Waals surface area contributed by atoms with Crippen LogP contribution in [-0.2, 0) is 10.0 Å². The summed E-state index contributed by atoms with van der Waals surface area (Å²) in [4.78, 5) is 14.8. The zero-order valence-electron chi connectivity index (χ0n) is 19.1. The van der Waals surface area contributed by atoms with E-state index in [0.29, 0.717) is 29.9 Å². The highest BCUT2D eigenvalue weighted by molar-refractivity contribution is 7.92. The second-order valence-corrected chi connectivity index (χ2v) is 10.2. The van der Waals surface area contributed by atoms with Crippen LogP contribution in [0.15, 0.2) is 89.8 Å².